The van der Waals surface area contributed by atoms with E-state index in [1.54, 1.807) is 0 Å². The van der Waals surface area contributed by atoms with Crippen LogP contribution in [0, 0.1) is 0 Å². The molecule has 1 rings (SSSR count). The summed E-state index contributed by atoms with van der Waals surface area (Å²) in [5.41, 5.74) is 0. The molecule has 6 unspecified atom stereocenters. The third-order valence-corrected chi connectivity index (χ3v) is 11.3. The van der Waals surface area contributed by atoms with Gasteiger partial charge in [0, 0.05) is 19.3 Å². The number of aliphatic carboxylic acids is 1. The maximum atomic E-state index is 13.0. The van der Waals surface area contributed by atoms with Crippen LogP contribution in [0.15, 0.2) is 72.9 Å². The Bertz CT molecular complexity index is 1450. The molecule has 1 aliphatic rings. The third-order valence-electron chi connectivity index (χ3n) is 11.3. The van der Waals surface area contributed by atoms with Crippen molar-refractivity contribution in [3.05, 3.63) is 72.9 Å². The Labute approximate surface area is 404 Å². The number of rotatable bonds is 42. The van der Waals surface area contributed by atoms with Gasteiger partial charge in [0.15, 0.2) is 24.6 Å². The van der Waals surface area contributed by atoms with E-state index in [4.69, 9.17) is 23.7 Å². The van der Waals surface area contributed by atoms with E-state index >= 15 is 0 Å². The lowest BCUT2D eigenvalue weighted by atomic mass is 9.98. The summed E-state index contributed by atoms with van der Waals surface area (Å²) in [7, 11) is 0. The van der Waals surface area contributed by atoms with Crippen molar-refractivity contribution in [1.82, 2.24) is 0 Å². The molecule has 0 saturated carbocycles. The second-order valence-corrected chi connectivity index (χ2v) is 17.4. The summed E-state index contributed by atoms with van der Waals surface area (Å²) in [5.74, 6) is -3.25. The number of aliphatic hydroxyl groups is 2. The predicted molar refractivity (Wildman–Crippen MR) is 266 cm³/mol. The molecule has 0 bridgehead atoms. The van der Waals surface area contributed by atoms with Crippen LogP contribution >= 0.6 is 0 Å². The number of carbonyl (C=O) groups is 4. The highest BCUT2D eigenvalue weighted by atomic mass is 16.7. The molecule has 0 aromatic heterocycles. The van der Waals surface area contributed by atoms with E-state index in [-0.39, 0.29) is 25.9 Å². The predicted octanol–water partition coefficient (Wildman–Crippen LogP) is 12.2. The molecule has 12 heteroatoms. The Morgan fingerprint density at radius 3 is 1.55 bits per heavy atom. The van der Waals surface area contributed by atoms with Gasteiger partial charge in [-0.05, 0) is 70.6 Å². The third kappa shape index (κ3) is 34.2. The Morgan fingerprint density at radius 1 is 0.507 bits per heavy atom. The van der Waals surface area contributed by atoms with Crippen molar-refractivity contribution in [3.63, 3.8) is 0 Å². The van der Waals surface area contributed by atoms with Crippen molar-refractivity contribution < 1.29 is 58.2 Å². The van der Waals surface area contributed by atoms with Gasteiger partial charge in [0.25, 0.3) is 0 Å². The first kappa shape index (κ1) is 61.2. The fraction of sp³-hybridized carbons (Fsp3) is 0.709. The molecule has 0 spiro atoms. The molecule has 0 aromatic rings. The number of aliphatic hydroxyl groups excluding tert-OH is 2. The second kappa shape index (κ2) is 43.4. The number of esters is 3. The van der Waals surface area contributed by atoms with E-state index in [9.17, 15) is 34.5 Å². The zero-order valence-corrected chi connectivity index (χ0v) is 41.6. The summed E-state index contributed by atoms with van der Waals surface area (Å²) >= 11 is 0. The number of ether oxygens (including phenoxy) is 5. The number of carbonyl (C=O) groups excluding carboxylic acids is 3. The van der Waals surface area contributed by atoms with E-state index in [0.717, 1.165) is 89.9 Å². The number of carboxylic acid groups (broad SMARTS) is 1. The molecular weight excluding hydrogens is 853 g/mol. The molecule has 0 amide bonds. The summed E-state index contributed by atoms with van der Waals surface area (Å²) in [6, 6.07) is 0. The van der Waals surface area contributed by atoms with Gasteiger partial charge in [-0.1, -0.05) is 184 Å². The van der Waals surface area contributed by atoms with E-state index in [1.807, 2.05) is 18.2 Å². The first-order valence-corrected chi connectivity index (χ1v) is 25.9. The number of allylic oxidation sites excluding steroid dienone is 12. The SMILES string of the molecule is CC/C=C\C/C=C\C/C=C\C/C=C\CCC(=O)OC1C(OCC(COC(=O)CCCCCCC/C=C\C/C=C\CCC)OC(=O)CCCCCCCCCCCCC)OC(C(=O)O)C(O)C1O. The van der Waals surface area contributed by atoms with Crippen LogP contribution in [-0.2, 0) is 42.9 Å². The minimum absolute atomic E-state index is 0.0630. The van der Waals surface area contributed by atoms with Crippen LogP contribution in [0.4, 0.5) is 0 Å². The molecule has 1 saturated heterocycles. The zero-order valence-electron chi connectivity index (χ0n) is 41.6. The molecule has 3 N–H and O–H groups in total. The Hall–Kier alpha value is -3.84. The highest BCUT2D eigenvalue weighted by molar-refractivity contribution is 5.74. The Kier molecular flexibility index (Phi) is 39.7. The van der Waals surface area contributed by atoms with Crippen molar-refractivity contribution in [2.45, 2.75) is 237 Å². The van der Waals surface area contributed by atoms with Gasteiger partial charge in [-0.2, -0.15) is 0 Å². The minimum atomic E-state index is -1.93. The van der Waals surface area contributed by atoms with Crippen LogP contribution in [0.5, 0.6) is 0 Å². The van der Waals surface area contributed by atoms with Crippen LogP contribution in [0.2, 0.25) is 0 Å². The maximum absolute atomic E-state index is 13.0. The molecule has 0 aromatic carbocycles. The lowest BCUT2D eigenvalue weighted by Crippen LogP contribution is -2.61. The zero-order chi connectivity index (χ0) is 49.0. The molecular formula is C55H90O12. The van der Waals surface area contributed by atoms with Gasteiger partial charge in [0.05, 0.1) is 6.61 Å². The van der Waals surface area contributed by atoms with Crippen LogP contribution in [0.25, 0.3) is 0 Å². The van der Waals surface area contributed by atoms with Crippen molar-refractivity contribution in [1.29, 1.82) is 0 Å². The van der Waals surface area contributed by atoms with E-state index in [0.29, 0.717) is 25.7 Å². The summed E-state index contributed by atoms with van der Waals surface area (Å²) in [5, 5.41) is 31.3. The standard InChI is InChI=1S/C55H90O12/c1-4-7-10-13-16-19-22-24-27-29-32-35-38-41-47(56)63-44-46(65-48(57)42-39-36-33-30-26-21-18-15-12-9-6-3)45-64-55-53(51(60)50(59)52(67-55)54(61)62)66-49(58)43-40-37-34-31-28-25-23-20-17-14-11-8-5-2/h8,10-11,13,17,19-20,22,25,28,34,37,46,50-53,55,59-60H,4-7,9,12,14-16,18,21,23-24,26-27,29-33,35-36,38-45H2,1-3H3,(H,61,62)/b11-8-,13-10-,20-17-,22-19-,28-25-,37-34-. The minimum Gasteiger partial charge on any atom is -0.479 e. The summed E-state index contributed by atoms with van der Waals surface area (Å²) in [6.07, 6.45) is 40.5. The van der Waals surface area contributed by atoms with Crippen molar-refractivity contribution in [2.24, 2.45) is 0 Å². The number of hydrogen-bond donors (Lipinski definition) is 3. The molecule has 382 valence electrons. The molecule has 67 heavy (non-hydrogen) atoms. The largest absolute Gasteiger partial charge is 0.479 e. The summed E-state index contributed by atoms with van der Waals surface area (Å²) in [4.78, 5) is 50.7. The highest BCUT2D eigenvalue weighted by Crippen LogP contribution is 2.26. The summed E-state index contributed by atoms with van der Waals surface area (Å²) in [6.45, 7) is 5.72. The Balaban J connectivity index is 2.79. The van der Waals surface area contributed by atoms with E-state index in [1.165, 1.54) is 44.9 Å². The number of carboxylic acids is 1. The van der Waals surface area contributed by atoms with Gasteiger partial charge in [-0.25, -0.2) is 4.79 Å². The van der Waals surface area contributed by atoms with Crippen molar-refractivity contribution in [2.75, 3.05) is 13.2 Å². The van der Waals surface area contributed by atoms with Crippen LogP contribution in [0.3, 0.4) is 0 Å². The highest BCUT2D eigenvalue weighted by Gasteiger charge is 2.50. The molecule has 6 atom stereocenters. The first-order valence-electron chi connectivity index (χ1n) is 25.9. The van der Waals surface area contributed by atoms with Gasteiger partial charge in [-0.15, -0.1) is 0 Å². The summed E-state index contributed by atoms with van der Waals surface area (Å²) < 4.78 is 28.2. The van der Waals surface area contributed by atoms with E-state index < -0.39 is 67.3 Å². The van der Waals surface area contributed by atoms with Gasteiger partial charge in [0.2, 0.25) is 0 Å². The lowest BCUT2D eigenvalue weighted by Gasteiger charge is -2.40. The maximum Gasteiger partial charge on any atom is 0.335 e. The molecule has 0 radical (unpaired) electrons. The van der Waals surface area contributed by atoms with Crippen molar-refractivity contribution in [3.8, 4) is 0 Å². The van der Waals surface area contributed by atoms with Crippen molar-refractivity contribution >= 4 is 23.9 Å². The lowest BCUT2D eigenvalue weighted by molar-refractivity contribution is -0.301. The van der Waals surface area contributed by atoms with Gasteiger partial charge in [-0.3, -0.25) is 14.4 Å². The number of hydrogen-bond acceptors (Lipinski definition) is 11. The molecule has 12 nitrogen and oxygen atoms in total. The smallest absolute Gasteiger partial charge is 0.335 e. The topological polar surface area (TPSA) is 175 Å². The van der Waals surface area contributed by atoms with Gasteiger partial charge >= 0.3 is 23.9 Å². The van der Waals surface area contributed by atoms with Crippen LogP contribution in [0.1, 0.15) is 201 Å². The Morgan fingerprint density at radius 2 is 1.00 bits per heavy atom. The molecule has 1 fully saturated rings. The number of unbranched alkanes of at least 4 members (excludes halogenated alkanes) is 16. The molecule has 1 aliphatic heterocycles. The van der Waals surface area contributed by atoms with E-state index in [2.05, 4.69) is 75.5 Å². The average molecular weight is 943 g/mol. The quantitative estimate of drug-likeness (QED) is 0.0229. The van der Waals surface area contributed by atoms with Gasteiger partial charge in [0.1, 0.15) is 18.8 Å². The average Bonchev–Trinajstić information content (AvgIpc) is 3.31. The van der Waals surface area contributed by atoms with Crippen LogP contribution < -0.4 is 0 Å². The fourth-order valence-electron chi connectivity index (χ4n) is 7.30. The first-order chi connectivity index (χ1) is 32.6. The molecule has 0 aliphatic carbocycles. The normalized spacial score (nSPS) is 19.4. The fourth-order valence-corrected chi connectivity index (χ4v) is 7.30. The van der Waals surface area contributed by atoms with Gasteiger partial charge < -0.3 is 39.0 Å². The second-order valence-electron chi connectivity index (χ2n) is 17.4. The monoisotopic (exact) mass is 943 g/mol. The molecule has 1 heterocycles. The van der Waals surface area contributed by atoms with Crippen LogP contribution in [-0.4, -0.2) is 89.2 Å².